The van der Waals surface area contributed by atoms with E-state index in [0.29, 0.717) is 11.2 Å². The summed E-state index contributed by atoms with van der Waals surface area (Å²) in [6.45, 7) is 17.4. The van der Waals surface area contributed by atoms with Gasteiger partial charge in [0.2, 0.25) is 0 Å². The van der Waals surface area contributed by atoms with Crippen LogP contribution in [-0.2, 0) is 49.1 Å². The van der Waals surface area contributed by atoms with Crippen LogP contribution in [0.3, 0.4) is 0 Å². The molecule has 6 rings (SSSR count). The van der Waals surface area contributed by atoms with Crippen LogP contribution in [-0.4, -0.2) is 61.6 Å². The van der Waals surface area contributed by atoms with Gasteiger partial charge in [0.1, 0.15) is 30.2 Å². The van der Waals surface area contributed by atoms with Crippen LogP contribution in [0.4, 0.5) is 5.82 Å². The number of nitrogens with zero attached hydrogens (tertiary/aromatic N) is 4. The smallest absolute Gasteiger partial charge is 0.414 e. The van der Waals surface area contributed by atoms with Gasteiger partial charge in [0.15, 0.2) is 17.7 Å². The monoisotopic (exact) mass is 769 g/mol. The minimum absolute atomic E-state index is 0.0162. The van der Waals surface area contributed by atoms with Crippen molar-refractivity contribution < 1.29 is 35.8 Å². The largest absolute Gasteiger partial charge is 0.475 e. The summed E-state index contributed by atoms with van der Waals surface area (Å²) >= 11 is 0. The van der Waals surface area contributed by atoms with Gasteiger partial charge in [0.25, 0.3) is 0 Å². The highest BCUT2D eigenvalue weighted by atomic mass is 31.2. The molecule has 4 aromatic rings. The maximum Gasteiger partial charge on any atom is 0.475 e. The zero-order chi connectivity index (χ0) is 37.3. The minimum atomic E-state index is -4.35. The number of ether oxygens (including phenoxy) is 1. The Balaban J connectivity index is 1.46. The summed E-state index contributed by atoms with van der Waals surface area (Å²) in [6.07, 6.45) is -0.469. The summed E-state index contributed by atoms with van der Waals surface area (Å²) in [5.74, 6) is 0.219. The summed E-state index contributed by atoms with van der Waals surface area (Å²) in [7, 11) is -10.4. The number of hydrogen-bond donors (Lipinski definition) is 1. The zero-order valence-electron chi connectivity index (χ0n) is 31.2. The Morgan fingerprint density at radius 1 is 0.827 bits per heavy atom. The first kappa shape index (κ1) is 38.9. The van der Waals surface area contributed by atoms with E-state index in [0.717, 1.165) is 11.1 Å². The van der Waals surface area contributed by atoms with Crippen LogP contribution in [0.25, 0.3) is 11.2 Å². The van der Waals surface area contributed by atoms with E-state index in [1.54, 1.807) is 10.9 Å². The molecule has 282 valence electrons. The number of phosphoric acid groups is 1. The highest BCUT2D eigenvalue weighted by molar-refractivity contribution is 7.48. The number of phosphoric ester groups is 1. The van der Waals surface area contributed by atoms with Crippen molar-refractivity contribution in [1.29, 1.82) is 0 Å². The fourth-order valence-electron chi connectivity index (χ4n) is 7.22. The zero-order valence-corrected chi connectivity index (χ0v) is 34.1. The highest BCUT2D eigenvalue weighted by Gasteiger charge is 2.63. The molecule has 2 aromatic heterocycles. The Hall–Kier alpha value is -2.83. The van der Waals surface area contributed by atoms with Crippen molar-refractivity contribution in [3.8, 4) is 0 Å². The first-order chi connectivity index (χ1) is 24.8. The van der Waals surface area contributed by atoms with Crippen LogP contribution in [0, 0.1) is 0 Å². The highest BCUT2D eigenvalue weighted by Crippen LogP contribution is 2.57. The van der Waals surface area contributed by atoms with Crippen LogP contribution in [0.1, 0.15) is 72.7 Å². The van der Waals surface area contributed by atoms with Crippen molar-refractivity contribution in [1.82, 2.24) is 19.5 Å². The molecule has 0 radical (unpaired) electrons. The second kappa shape index (κ2) is 15.9. The maximum absolute atomic E-state index is 15.0. The second-order valence-electron chi connectivity index (χ2n) is 14.7. The Morgan fingerprint density at radius 3 is 1.92 bits per heavy atom. The fraction of sp³-hybridized carbons (Fsp3) is 0.528. The third-order valence-corrected chi connectivity index (χ3v) is 21.6. The van der Waals surface area contributed by atoms with E-state index in [1.807, 2.05) is 60.7 Å². The number of imidazole rings is 1. The third-order valence-electron chi connectivity index (χ3n) is 9.99. The van der Waals surface area contributed by atoms with Crippen molar-refractivity contribution >= 4 is 41.9 Å². The minimum Gasteiger partial charge on any atom is -0.414 e. The summed E-state index contributed by atoms with van der Waals surface area (Å²) < 4.78 is 64.5. The van der Waals surface area contributed by atoms with Crippen molar-refractivity contribution in [2.24, 2.45) is 0 Å². The molecule has 52 heavy (non-hydrogen) atoms. The van der Waals surface area contributed by atoms with E-state index in [1.165, 1.54) is 6.33 Å². The molecule has 16 heteroatoms. The third kappa shape index (κ3) is 7.72. The van der Waals surface area contributed by atoms with E-state index in [4.69, 9.17) is 37.0 Å². The van der Waals surface area contributed by atoms with Crippen LogP contribution >= 0.6 is 7.82 Å². The molecule has 2 aliphatic heterocycles. The molecule has 2 aliphatic rings. The quantitative estimate of drug-likeness (QED) is 0.103. The molecule has 0 saturated carbocycles. The average Bonchev–Trinajstić information content (AvgIpc) is 3.68. The molecule has 13 nitrogen and oxygen atoms in total. The molecule has 0 unspecified atom stereocenters. The number of aromatic nitrogens is 4. The van der Waals surface area contributed by atoms with E-state index in [-0.39, 0.29) is 47.8 Å². The first-order valence-corrected chi connectivity index (χ1v) is 23.4. The van der Waals surface area contributed by atoms with Gasteiger partial charge >= 0.3 is 24.9 Å². The number of nitrogen functional groups attached to an aromatic ring is 1. The molecular weight excluding hydrogens is 718 g/mol. The number of rotatable bonds is 13. The molecular formula is C36H52N5O8PSi2. The van der Waals surface area contributed by atoms with E-state index < -0.39 is 49.5 Å². The summed E-state index contributed by atoms with van der Waals surface area (Å²) in [5.41, 5.74) is 8.96. The van der Waals surface area contributed by atoms with Gasteiger partial charge in [0, 0.05) is 0 Å². The lowest BCUT2D eigenvalue weighted by molar-refractivity contribution is -0.0576. The molecule has 2 saturated heterocycles. The predicted octanol–water partition coefficient (Wildman–Crippen LogP) is 8.19. The van der Waals surface area contributed by atoms with Crippen molar-refractivity contribution in [3.63, 3.8) is 0 Å². The fourth-order valence-corrected chi connectivity index (χ4v) is 19.8. The van der Waals surface area contributed by atoms with Crippen molar-refractivity contribution in [3.05, 3.63) is 84.4 Å². The van der Waals surface area contributed by atoms with E-state index >= 15 is 0 Å². The topological polar surface area (TPSA) is 151 Å². The lowest BCUT2D eigenvalue weighted by Gasteiger charge is -2.51. The number of fused-ring (bicyclic) bond motifs is 2. The van der Waals surface area contributed by atoms with Crippen LogP contribution < -0.4 is 5.73 Å². The molecule has 4 atom stereocenters. The lowest BCUT2D eigenvalue weighted by Crippen LogP contribution is -2.65. The molecule has 2 aromatic carbocycles. The van der Waals surface area contributed by atoms with Crippen LogP contribution in [0.2, 0.25) is 22.2 Å². The lowest BCUT2D eigenvalue weighted by atomic mass is 10.1. The van der Waals surface area contributed by atoms with Gasteiger partial charge in [-0.05, 0) is 33.3 Å². The molecule has 0 spiro atoms. The Kier molecular flexibility index (Phi) is 11.9. The first-order valence-electron chi connectivity index (χ1n) is 18.0. The van der Waals surface area contributed by atoms with Gasteiger partial charge in [-0.1, -0.05) is 116 Å². The van der Waals surface area contributed by atoms with Gasteiger partial charge < -0.3 is 23.4 Å². The molecule has 0 aliphatic carbocycles. The molecule has 0 bridgehead atoms. The van der Waals surface area contributed by atoms with Gasteiger partial charge in [-0.15, -0.1) is 0 Å². The Morgan fingerprint density at radius 2 is 1.38 bits per heavy atom. The molecule has 4 heterocycles. The molecule has 2 N–H and O–H groups in total. The molecule has 0 amide bonds. The SMILES string of the molecule is CC(C)[Si]1(C(C)C)OC[C@H]2O[C@@H](n3cnc4c(N)ncnc43)[C@H](OP(=O)(OCc3ccccc3)OCc3ccccc3)[C@@H]2O[Si](C(C)C)(C(C)C)O1. The van der Waals surface area contributed by atoms with Gasteiger partial charge in [-0.25, -0.2) is 19.5 Å². The molecule has 2 fully saturated rings. The van der Waals surface area contributed by atoms with Crippen molar-refractivity contribution in [2.75, 3.05) is 12.3 Å². The second-order valence-corrected chi connectivity index (χ2v) is 25.2. The summed E-state index contributed by atoms with van der Waals surface area (Å²) in [5, 5.41) is 0. The number of anilines is 1. The Labute approximate surface area is 308 Å². The van der Waals surface area contributed by atoms with Crippen LogP contribution in [0.5, 0.6) is 0 Å². The average molecular weight is 770 g/mol. The van der Waals surface area contributed by atoms with E-state index in [2.05, 4.69) is 70.3 Å². The Bertz CT molecular complexity index is 1770. The van der Waals surface area contributed by atoms with Gasteiger partial charge in [-0.3, -0.25) is 18.1 Å². The predicted molar refractivity (Wildman–Crippen MR) is 202 cm³/mol. The van der Waals surface area contributed by atoms with Gasteiger partial charge in [0.05, 0.1) is 26.1 Å². The van der Waals surface area contributed by atoms with Crippen LogP contribution in [0.15, 0.2) is 73.3 Å². The van der Waals surface area contributed by atoms with Gasteiger partial charge in [-0.2, -0.15) is 0 Å². The summed E-state index contributed by atoms with van der Waals surface area (Å²) in [4.78, 5) is 13.1. The summed E-state index contributed by atoms with van der Waals surface area (Å²) in [6, 6.07) is 18.9. The maximum atomic E-state index is 15.0. The van der Waals surface area contributed by atoms with Crippen molar-refractivity contribution in [2.45, 2.75) is 115 Å². The number of benzene rings is 2. The normalized spacial score (nSPS) is 23.4. The standard InChI is InChI=1S/C36H52N5O8PSi2/c1-24(2)51(25(3)4)45-21-30-32(48-52(49-51,26(5)6)27(7)8)33(36(46-30)41-23-40-31-34(37)38-22-39-35(31)41)47-50(42,43-19-28-15-11-9-12-16-28)44-20-29-17-13-10-14-18-29/h9-18,22-27,30,32-33,36H,19-21H2,1-8H3,(H2,37,38,39)/t30-,32-,33-,36-/m1/s1. The van der Waals surface area contributed by atoms with E-state index in [9.17, 15) is 4.57 Å². The number of hydrogen-bond acceptors (Lipinski definition) is 12. The number of nitrogens with two attached hydrogens (primary N) is 1.